The molecule has 1 heterocycles. The van der Waals surface area contributed by atoms with E-state index in [1.54, 1.807) is 6.07 Å². The third kappa shape index (κ3) is 4.31. The van der Waals surface area contributed by atoms with Crippen LogP contribution in [0.5, 0.6) is 0 Å². The lowest BCUT2D eigenvalue weighted by atomic mass is 10.2. The molecular formula is C14H18FN3OS. The van der Waals surface area contributed by atoms with Gasteiger partial charge in [0.05, 0.1) is 5.75 Å². The van der Waals surface area contributed by atoms with Crippen LogP contribution in [0.1, 0.15) is 31.5 Å². The van der Waals surface area contributed by atoms with Crippen LogP contribution in [0.25, 0.3) is 0 Å². The van der Waals surface area contributed by atoms with E-state index >= 15 is 0 Å². The monoisotopic (exact) mass is 295 g/mol. The highest BCUT2D eigenvalue weighted by Gasteiger charge is 2.13. The van der Waals surface area contributed by atoms with Crippen LogP contribution >= 0.6 is 11.8 Å². The molecule has 108 valence electrons. The van der Waals surface area contributed by atoms with Crippen LogP contribution in [0.4, 0.5) is 4.39 Å². The molecule has 20 heavy (non-hydrogen) atoms. The molecule has 0 spiro atoms. The predicted molar refractivity (Wildman–Crippen MR) is 77.2 cm³/mol. The van der Waals surface area contributed by atoms with Gasteiger partial charge in [0.1, 0.15) is 5.82 Å². The van der Waals surface area contributed by atoms with Crippen molar-refractivity contribution in [3.8, 4) is 0 Å². The zero-order chi connectivity index (χ0) is 14.4. The molecule has 1 atom stereocenters. The average Bonchev–Trinajstić information content (AvgIpc) is 2.91. The van der Waals surface area contributed by atoms with Crippen molar-refractivity contribution in [1.82, 2.24) is 15.5 Å². The quantitative estimate of drug-likeness (QED) is 0.795. The van der Waals surface area contributed by atoms with Crippen LogP contribution in [0, 0.1) is 5.82 Å². The molecule has 0 aliphatic rings. The maximum Gasteiger partial charge on any atom is 0.230 e. The van der Waals surface area contributed by atoms with Gasteiger partial charge < -0.3 is 9.84 Å². The molecule has 6 heteroatoms. The number of likely N-dealkylation sites (N-methyl/N-ethyl adjacent to an activating group) is 1. The molecule has 0 aliphatic heterocycles. The number of thioether (sulfide) groups is 1. The summed E-state index contributed by atoms with van der Waals surface area (Å²) >= 11 is 1.49. The zero-order valence-corrected chi connectivity index (χ0v) is 12.4. The van der Waals surface area contributed by atoms with E-state index in [-0.39, 0.29) is 11.7 Å². The Balaban J connectivity index is 1.89. The van der Waals surface area contributed by atoms with Gasteiger partial charge in [-0.2, -0.15) is 4.98 Å². The second-order valence-electron chi connectivity index (χ2n) is 4.50. The molecule has 0 aliphatic carbocycles. The molecule has 0 bridgehead atoms. The molecule has 1 unspecified atom stereocenters. The van der Waals surface area contributed by atoms with E-state index in [1.165, 1.54) is 23.9 Å². The Hall–Kier alpha value is -1.40. The summed E-state index contributed by atoms with van der Waals surface area (Å²) in [5.41, 5.74) is 0. The first-order valence-electron chi connectivity index (χ1n) is 6.60. The van der Waals surface area contributed by atoms with Crippen molar-refractivity contribution in [1.29, 1.82) is 0 Å². The number of hydrogen-bond donors (Lipinski definition) is 1. The largest absolute Gasteiger partial charge is 0.339 e. The third-order valence-corrected chi connectivity index (χ3v) is 3.76. The van der Waals surface area contributed by atoms with Gasteiger partial charge in [-0.05, 0) is 24.7 Å². The Morgan fingerprint density at radius 3 is 3.05 bits per heavy atom. The Morgan fingerprint density at radius 1 is 1.45 bits per heavy atom. The zero-order valence-electron chi connectivity index (χ0n) is 11.6. The number of benzene rings is 1. The summed E-state index contributed by atoms with van der Waals surface area (Å²) in [5.74, 6) is 1.80. The predicted octanol–water partition coefficient (Wildman–Crippen LogP) is 3.21. The fourth-order valence-corrected chi connectivity index (χ4v) is 2.46. The van der Waals surface area contributed by atoms with E-state index in [4.69, 9.17) is 4.52 Å². The van der Waals surface area contributed by atoms with Gasteiger partial charge in [0, 0.05) is 17.4 Å². The molecule has 0 radical (unpaired) electrons. The van der Waals surface area contributed by atoms with Crippen molar-refractivity contribution in [2.75, 3.05) is 13.1 Å². The lowest BCUT2D eigenvalue weighted by Crippen LogP contribution is -2.19. The number of rotatable bonds is 7. The summed E-state index contributed by atoms with van der Waals surface area (Å²) in [6.07, 6.45) is 0. The highest BCUT2D eigenvalue weighted by molar-refractivity contribution is 7.98. The van der Waals surface area contributed by atoms with Crippen LogP contribution in [0.15, 0.2) is 33.7 Å². The SMILES string of the molecule is CCNCC(C)c1nc(CSc2cccc(F)c2)no1. The number of nitrogens with zero attached hydrogens (tertiary/aromatic N) is 2. The van der Waals surface area contributed by atoms with Crippen molar-refractivity contribution < 1.29 is 8.91 Å². The molecular weight excluding hydrogens is 277 g/mol. The molecule has 1 aromatic heterocycles. The van der Waals surface area contributed by atoms with Gasteiger partial charge in [-0.3, -0.25) is 0 Å². The van der Waals surface area contributed by atoms with Gasteiger partial charge in [0.2, 0.25) is 5.89 Å². The molecule has 2 rings (SSSR count). The van der Waals surface area contributed by atoms with Gasteiger partial charge >= 0.3 is 0 Å². The highest BCUT2D eigenvalue weighted by atomic mass is 32.2. The van der Waals surface area contributed by atoms with E-state index in [9.17, 15) is 4.39 Å². The van der Waals surface area contributed by atoms with Gasteiger partial charge in [-0.15, -0.1) is 11.8 Å². The summed E-state index contributed by atoms with van der Waals surface area (Å²) in [4.78, 5) is 5.23. The molecule has 0 saturated heterocycles. The maximum atomic E-state index is 13.1. The summed E-state index contributed by atoms with van der Waals surface area (Å²) in [5, 5.41) is 7.20. The Labute approximate surface area is 122 Å². The Kier molecular flexibility index (Phi) is 5.55. The second-order valence-corrected chi connectivity index (χ2v) is 5.55. The van der Waals surface area contributed by atoms with Gasteiger partial charge in [-0.25, -0.2) is 4.39 Å². The van der Waals surface area contributed by atoms with Crippen molar-refractivity contribution in [3.63, 3.8) is 0 Å². The fourth-order valence-electron chi connectivity index (χ4n) is 1.68. The van der Waals surface area contributed by atoms with E-state index in [1.807, 2.05) is 13.0 Å². The fraction of sp³-hybridized carbons (Fsp3) is 0.429. The second kappa shape index (κ2) is 7.40. The standard InChI is InChI=1S/C14H18FN3OS/c1-3-16-8-10(2)14-17-13(18-19-14)9-20-12-6-4-5-11(15)7-12/h4-7,10,16H,3,8-9H2,1-2H3. The third-order valence-electron chi connectivity index (χ3n) is 2.77. The minimum atomic E-state index is -0.233. The molecule has 1 N–H and O–H groups in total. The lowest BCUT2D eigenvalue weighted by molar-refractivity contribution is 0.352. The first-order valence-corrected chi connectivity index (χ1v) is 7.59. The normalized spacial score (nSPS) is 12.6. The number of halogens is 1. The molecule has 4 nitrogen and oxygen atoms in total. The maximum absolute atomic E-state index is 13.1. The van der Waals surface area contributed by atoms with E-state index in [0.29, 0.717) is 17.5 Å². The highest BCUT2D eigenvalue weighted by Crippen LogP contribution is 2.22. The van der Waals surface area contributed by atoms with Crippen molar-refractivity contribution in [2.24, 2.45) is 0 Å². The smallest absolute Gasteiger partial charge is 0.230 e. The van der Waals surface area contributed by atoms with Crippen LogP contribution in [0.2, 0.25) is 0 Å². The average molecular weight is 295 g/mol. The van der Waals surface area contributed by atoms with Crippen LogP contribution in [0.3, 0.4) is 0 Å². The number of hydrogen-bond acceptors (Lipinski definition) is 5. The number of aromatic nitrogens is 2. The first-order chi connectivity index (χ1) is 9.69. The molecule has 0 saturated carbocycles. The van der Waals surface area contributed by atoms with E-state index in [2.05, 4.69) is 22.4 Å². The Morgan fingerprint density at radius 2 is 2.30 bits per heavy atom. The minimum Gasteiger partial charge on any atom is -0.339 e. The summed E-state index contributed by atoms with van der Waals surface area (Å²) in [6.45, 7) is 5.83. The summed E-state index contributed by atoms with van der Waals surface area (Å²) in [6, 6.07) is 6.48. The topological polar surface area (TPSA) is 51.0 Å². The minimum absolute atomic E-state index is 0.190. The van der Waals surface area contributed by atoms with E-state index in [0.717, 1.165) is 18.0 Å². The molecule has 2 aromatic rings. The summed E-state index contributed by atoms with van der Waals surface area (Å²) in [7, 11) is 0. The van der Waals surface area contributed by atoms with Gasteiger partial charge in [0.25, 0.3) is 0 Å². The van der Waals surface area contributed by atoms with E-state index < -0.39 is 0 Å². The summed E-state index contributed by atoms with van der Waals surface area (Å²) < 4.78 is 18.3. The Bertz CT molecular complexity index is 547. The van der Waals surface area contributed by atoms with Crippen LogP contribution in [-0.2, 0) is 5.75 Å². The van der Waals surface area contributed by atoms with Crippen LogP contribution in [-0.4, -0.2) is 23.2 Å². The van der Waals surface area contributed by atoms with Gasteiger partial charge in [0.15, 0.2) is 5.82 Å². The van der Waals surface area contributed by atoms with Crippen molar-refractivity contribution in [2.45, 2.75) is 30.4 Å². The van der Waals surface area contributed by atoms with Crippen molar-refractivity contribution >= 4 is 11.8 Å². The molecule has 0 fully saturated rings. The first kappa shape index (κ1) is 15.0. The number of nitrogens with one attached hydrogen (secondary N) is 1. The molecule has 1 aromatic carbocycles. The molecule has 0 amide bonds. The van der Waals surface area contributed by atoms with Gasteiger partial charge in [-0.1, -0.05) is 25.1 Å². The van der Waals surface area contributed by atoms with Crippen LogP contribution < -0.4 is 5.32 Å². The van der Waals surface area contributed by atoms with Crippen molar-refractivity contribution in [3.05, 3.63) is 41.8 Å². The lowest BCUT2D eigenvalue weighted by Gasteiger charge is -2.05.